The minimum absolute atomic E-state index is 0.00727. The van der Waals surface area contributed by atoms with Crippen LogP contribution in [0, 0.1) is 0 Å². The number of hydrogen-bond acceptors (Lipinski definition) is 5. The second-order valence-electron chi connectivity index (χ2n) is 7.77. The highest BCUT2D eigenvalue weighted by molar-refractivity contribution is 6.06. The zero-order chi connectivity index (χ0) is 23.2. The van der Waals surface area contributed by atoms with Crippen molar-refractivity contribution in [3.05, 3.63) is 77.6 Å². The fraction of sp³-hybridized carbons (Fsp3) is 0.217. The SMILES string of the molecule is COc1cc(C(=O)N2CC(c3cn(-c4ccc(C(F)(F)F)cc4)nn3)C2)c2ccccc2n1. The van der Waals surface area contributed by atoms with Gasteiger partial charge in [-0.3, -0.25) is 4.79 Å². The molecule has 2 aromatic heterocycles. The zero-order valence-electron chi connectivity index (χ0n) is 17.5. The molecule has 0 spiro atoms. The molecule has 33 heavy (non-hydrogen) atoms. The van der Waals surface area contributed by atoms with Gasteiger partial charge in [0.1, 0.15) is 0 Å². The summed E-state index contributed by atoms with van der Waals surface area (Å²) in [4.78, 5) is 19.2. The Balaban J connectivity index is 1.30. The molecule has 0 atom stereocenters. The molecule has 5 rings (SSSR count). The molecular weight excluding hydrogens is 435 g/mol. The quantitative estimate of drug-likeness (QED) is 0.466. The molecule has 1 aliphatic heterocycles. The highest BCUT2D eigenvalue weighted by Crippen LogP contribution is 2.31. The van der Waals surface area contributed by atoms with Crippen LogP contribution in [0.4, 0.5) is 13.2 Å². The molecule has 10 heteroatoms. The number of methoxy groups -OCH3 is 1. The molecule has 0 bridgehead atoms. The van der Waals surface area contributed by atoms with E-state index in [1.165, 1.54) is 23.9 Å². The number of fused-ring (bicyclic) bond motifs is 1. The third-order valence-corrected chi connectivity index (χ3v) is 5.69. The van der Waals surface area contributed by atoms with E-state index in [-0.39, 0.29) is 11.8 Å². The van der Waals surface area contributed by atoms with E-state index in [1.807, 2.05) is 24.3 Å². The van der Waals surface area contributed by atoms with Gasteiger partial charge in [0, 0.05) is 30.5 Å². The van der Waals surface area contributed by atoms with E-state index in [0.717, 1.165) is 17.5 Å². The minimum Gasteiger partial charge on any atom is -0.481 e. The van der Waals surface area contributed by atoms with Gasteiger partial charge in [0.2, 0.25) is 5.88 Å². The lowest BCUT2D eigenvalue weighted by Gasteiger charge is -2.38. The van der Waals surface area contributed by atoms with Gasteiger partial charge >= 0.3 is 6.18 Å². The van der Waals surface area contributed by atoms with Crippen LogP contribution >= 0.6 is 0 Å². The highest BCUT2D eigenvalue weighted by atomic mass is 19.4. The lowest BCUT2D eigenvalue weighted by atomic mass is 9.95. The number of nitrogens with zero attached hydrogens (tertiary/aromatic N) is 5. The van der Waals surface area contributed by atoms with E-state index in [4.69, 9.17) is 4.74 Å². The number of alkyl halides is 3. The first kappa shape index (κ1) is 20.9. The van der Waals surface area contributed by atoms with Crippen molar-refractivity contribution in [2.24, 2.45) is 0 Å². The lowest BCUT2D eigenvalue weighted by molar-refractivity contribution is -0.137. The van der Waals surface area contributed by atoms with Crippen LogP contribution in [0.2, 0.25) is 0 Å². The van der Waals surface area contributed by atoms with Gasteiger partial charge in [-0.15, -0.1) is 5.10 Å². The molecule has 2 aromatic carbocycles. The normalized spacial score (nSPS) is 14.4. The molecule has 7 nitrogen and oxygen atoms in total. The van der Waals surface area contributed by atoms with E-state index in [0.29, 0.717) is 41.4 Å². The Morgan fingerprint density at radius 1 is 1.09 bits per heavy atom. The number of carbonyl (C=O) groups is 1. The molecule has 0 radical (unpaired) electrons. The van der Waals surface area contributed by atoms with Gasteiger partial charge in [0.25, 0.3) is 5.91 Å². The van der Waals surface area contributed by atoms with Crippen molar-refractivity contribution in [3.63, 3.8) is 0 Å². The van der Waals surface area contributed by atoms with E-state index < -0.39 is 11.7 Å². The number of amides is 1. The molecule has 3 heterocycles. The van der Waals surface area contributed by atoms with Crippen molar-refractivity contribution in [2.75, 3.05) is 20.2 Å². The first-order valence-corrected chi connectivity index (χ1v) is 10.2. The average molecular weight is 453 g/mol. The Morgan fingerprint density at radius 2 is 1.82 bits per heavy atom. The summed E-state index contributed by atoms with van der Waals surface area (Å²) in [7, 11) is 1.50. The maximum absolute atomic E-state index is 13.1. The fourth-order valence-corrected chi connectivity index (χ4v) is 3.83. The number of para-hydroxylation sites is 1. The molecule has 1 amide bonds. The summed E-state index contributed by atoms with van der Waals surface area (Å²) >= 11 is 0. The number of benzene rings is 2. The average Bonchev–Trinajstić information content (AvgIpc) is 3.26. The molecule has 0 saturated carbocycles. The summed E-state index contributed by atoms with van der Waals surface area (Å²) in [6.07, 6.45) is -2.71. The van der Waals surface area contributed by atoms with Crippen molar-refractivity contribution in [1.82, 2.24) is 24.9 Å². The second-order valence-corrected chi connectivity index (χ2v) is 7.77. The number of hydrogen-bond donors (Lipinski definition) is 0. The van der Waals surface area contributed by atoms with Crippen LogP contribution < -0.4 is 4.74 Å². The molecule has 1 fully saturated rings. The summed E-state index contributed by atoms with van der Waals surface area (Å²) in [6, 6.07) is 13.7. The Morgan fingerprint density at radius 3 is 2.52 bits per heavy atom. The third kappa shape index (κ3) is 3.88. The van der Waals surface area contributed by atoms with Gasteiger partial charge in [0.05, 0.1) is 41.3 Å². The number of pyridine rings is 1. The molecular formula is C23H18F3N5O2. The summed E-state index contributed by atoms with van der Waals surface area (Å²) in [5.41, 5.74) is 1.63. The number of carbonyl (C=O) groups excluding carboxylic acids is 1. The lowest BCUT2D eigenvalue weighted by Crippen LogP contribution is -2.48. The van der Waals surface area contributed by atoms with Crippen molar-refractivity contribution in [2.45, 2.75) is 12.1 Å². The van der Waals surface area contributed by atoms with Crippen LogP contribution in [0.25, 0.3) is 16.6 Å². The van der Waals surface area contributed by atoms with E-state index in [9.17, 15) is 18.0 Å². The van der Waals surface area contributed by atoms with E-state index in [1.54, 1.807) is 17.2 Å². The Kier molecular flexibility index (Phi) is 4.99. The minimum atomic E-state index is -4.39. The summed E-state index contributed by atoms with van der Waals surface area (Å²) in [6.45, 7) is 0.924. The van der Waals surface area contributed by atoms with Crippen molar-refractivity contribution in [3.8, 4) is 11.6 Å². The van der Waals surface area contributed by atoms with Gasteiger partial charge in [0.15, 0.2) is 0 Å². The zero-order valence-corrected chi connectivity index (χ0v) is 17.5. The van der Waals surface area contributed by atoms with Crippen molar-refractivity contribution >= 4 is 16.8 Å². The smallest absolute Gasteiger partial charge is 0.416 e. The predicted octanol–water partition coefficient (Wildman–Crippen LogP) is 4.08. The Hall–Kier alpha value is -3.95. The molecule has 0 aliphatic carbocycles. The summed E-state index contributed by atoms with van der Waals surface area (Å²) < 4.78 is 45.0. The maximum atomic E-state index is 13.1. The number of rotatable bonds is 4. The highest BCUT2D eigenvalue weighted by Gasteiger charge is 2.35. The molecule has 4 aromatic rings. The van der Waals surface area contributed by atoms with Gasteiger partial charge < -0.3 is 9.64 Å². The first-order chi connectivity index (χ1) is 15.8. The predicted molar refractivity (Wildman–Crippen MR) is 113 cm³/mol. The Labute approximate surface area is 186 Å². The van der Waals surface area contributed by atoms with Crippen molar-refractivity contribution in [1.29, 1.82) is 0 Å². The summed E-state index contributed by atoms with van der Waals surface area (Å²) in [5, 5.41) is 8.93. The van der Waals surface area contributed by atoms with Crippen molar-refractivity contribution < 1.29 is 22.7 Å². The Bertz CT molecular complexity index is 1330. The van der Waals surface area contributed by atoms with Gasteiger partial charge in [-0.2, -0.15) is 13.2 Å². The van der Waals surface area contributed by atoms with Gasteiger partial charge in [-0.05, 0) is 30.3 Å². The molecule has 0 unspecified atom stereocenters. The van der Waals surface area contributed by atoms with E-state index >= 15 is 0 Å². The number of aromatic nitrogens is 4. The first-order valence-electron chi connectivity index (χ1n) is 10.2. The standard InChI is InChI=1S/C23H18F3N5O2/c1-33-21-10-18(17-4-2-3-5-19(17)27-21)22(32)30-11-14(12-30)20-13-31(29-28-20)16-8-6-15(7-9-16)23(24,25)26/h2-10,13-14H,11-12H2,1H3. The van der Waals surface area contributed by atoms with Crippen LogP contribution in [0.5, 0.6) is 5.88 Å². The van der Waals surface area contributed by atoms with Crippen LogP contribution in [0.15, 0.2) is 60.8 Å². The van der Waals surface area contributed by atoms with Crippen LogP contribution in [0.1, 0.15) is 27.5 Å². The topological polar surface area (TPSA) is 73.1 Å². The second kappa shape index (κ2) is 7.88. The number of halogens is 3. The maximum Gasteiger partial charge on any atom is 0.416 e. The van der Waals surface area contributed by atoms with Gasteiger partial charge in [-0.1, -0.05) is 23.4 Å². The number of likely N-dealkylation sites (tertiary alicyclic amines) is 1. The summed E-state index contributed by atoms with van der Waals surface area (Å²) in [5.74, 6) is 0.235. The molecule has 168 valence electrons. The largest absolute Gasteiger partial charge is 0.481 e. The van der Waals surface area contributed by atoms with E-state index in [2.05, 4.69) is 15.3 Å². The van der Waals surface area contributed by atoms with Crippen LogP contribution in [-0.2, 0) is 6.18 Å². The third-order valence-electron chi connectivity index (χ3n) is 5.69. The van der Waals surface area contributed by atoms with Gasteiger partial charge in [-0.25, -0.2) is 9.67 Å². The van der Waals surface area contributed by atoms with Crippen LogP contribution in [-0.4, -0.2) is 51.0 Å². The number of ether oxygens (including phenoxy) is 1. The monoisotopic (exact) mass is 453 g/mol. The molecule has 0 N–H and O–H groups in total. The molecule has 1 aliphatic rings. The molecule has 1 saturated heterocycles. The van der Waals surface area contributed by atoms with Crippen LogP contribution in [0.3, 0.4) is 0 Å². The fourth-order valence-electron chi connectivity index (χ4n) is 3.83.